The Kier molecular flexibility index (Phi) is 3.52. The van der Waals surface area contributed by atoms with Crippen molar-refractivity contribution in [3.05, 3.63) is 0 Å². The Bertz CT molecular complexity index is 381. The minimum absolute atomic E-state index is 0.339. The van der Waals surface area contributed by atoms with Crippen molar-refractivity contribution in [3.63, 3.8) is 0 Å². The third-order valence-electron chi connectivity index (χ3n) is 3.36. The van der Waals surface area contributed by atoms with E-state index in [2.05, 4.69) is 0 Å². The van der Waals surface area contributed by atoms with Crippen LogP contribution < -0.4 is 11.5 Å². The van der Waals surface area contributed by atoms with Gasteiger partial charge < -0.3 is 26.8 Å². The van der Waals surface area contributed by atoms with Gasteiger partial charge in [0.05, 0.1) is 17.5 Å². The highest BCUT2D eigenvalue weighted by Gasteiger charge is 2.58. The number of thioether (sulfide) groups is 1. The maximum absolute atomic E-state index is 11.3. The molecule has 0 aromatic rings. The van der Waals surface area contributed by atoms with E-state index in [-0.39, 0.29) is 0 Å². The molecular formula is C9H15N3O5S. The van der Waals surface area contributed by atoms with Gasteiger partial charge in [-0.2, -0.15) is 0 Å². The number of nitrogens with two attached hydrogens (primary N) is 2. The van der Waals surface area contributed by atoms with Gasteiger partial charge in [-0.05, 0) is 0 Å². The van der Waals surface area contributed by atoms with E-state index in [0.717, 1.165) is 0 Å². The summed E-state index contributed by atoms with van der Waals surface area (Å²) in [6.45, 7) is 0. The molecule has 2 saturated heterocycles. The molecule has 6 atom stereocenters. The monoisotopic (exact) mass is 277 g/mol. The van der Waals surface area contributed by atoms with Crippen LogP contribution in [0.15, 0.2) is 0 Å². The minimum atomic E-state index is -1.67. The van der Waals surface area contributed by atoms with Crippen LogP contribution in [0.5, 0.6) is 0 Å². The van der Waals surface area contributed by atoms with Crippen molar-refractivity contribution < 1.29 is 24.9 Å². The smallest absolute Gasteiger partial charge is 0.248 e. The Labute approximate surface area is 107 Å². The number of carbonyl (C=O) groups excluding carboxylic acids is 2. The topological polar surface area (TPSA) is 150 Å². The van der Waals surface area contributed by atoms with E-state index in [1.165, 1.54) is 16.7 Å². The predicted octanol–water partition coefficient (Wildman–Crippen LogP) is -3.83. The normalized spacial score (nSPS) is 41.6. The summed E-state index contributed by atoms with van der Waals surface area (Å²) in [6, 6.07) is -1.86. The van der Waals surface area contributed by atoms with Gasteiger partial charge in [0.2, 0.25) is 11.8 Å². The average molecular weight is 277 g/mol. The van der Waals surface area contributed by atoms with Crippen molar-refractivity contribution in [1.82, 2.24) is 4.90 Å². The third-order valence-corrected chi connectivity index (χ3v) is 4.73. The van der Waals surface area contributed by atoms with Crippen molar-refractivity contribution in [2.45, 2.75) is 35.8 Å². The third kappa shape index (κ3) is 1.88. The zero-order chi connectivity index (χ0) is 13.6. The van der Waals surface area contributed by atoms with Gasteiger partial charge in [0.1, 0.15) is 12.2 Å². The molecule has 8 nitrogen and oxygen atoms in total. The summed E-state index contributed by atoms with van der Waals surface area (Å²) in [7, 11) is 0. The molecule has 0 aromatic carbocycles. The SMILES string of the molecule is NC(=O)C(O)C1C(O)C(O)C2SCC(C(N)=O)N21. The Morgan fingerprint density at radius 1 is 1.28 bits per heavy atom. The summed E-state index contributed by atoms with van der Waals surface area (Å²) in [5.41, 5.74) is 10.2. The number of primary amides is 2. The molecule has 0 saturated carbocycles. The van der Waals surface area contributed by atoms with E-state index in [9.17, 15) is 24.9 Å². The van der Waals surface area contributed by atoms with Gasteiger partial charge in [-0.15, -0.1) is 11.8 Å². The largest absolute Gasteiger partial charge is 0.389 e. The molecule has 0 aromatic heterocycles. The van der Waals surface area contributed by atoms with Gasteiger partial charge in [0.25, 0.3) is 0 Å². The van der Waals surface area contributed by atoms with E-state index < -0.39 is 47.6 Å². The molecule has 0 spiro atoms. The zero-order valence-corrected chi connectivity index (χ0v) is 10.2. The fraction of sp³-hybridized carbons (Fsp3) is 0.778. The molecule has 2 aliphatic heterocycles. The van der Waals surface area contributed by atoms with Gasteiger partial charge in [-0.1, -0.05) is 0 Å². The molecule has 2 rings (SSSR count). The molecule has 2 aliphatic rings. The van der Waals surface area contributed by atoms with Crippen LogP contribution in [-0.4, -0.2) is 73.6 Å². The summed E-state index contributed by atoms with van der Waals surface area (Å²) in [6.07, 6.45) is -4.19. The first-order valence-corrected chi connectivity index (χ1v) is 6.43. The van der Waals surface area contributed by atoms with Gasteiger partial charge in [0, 0.05) is 5.75 Å². The number of hydrogen-bond donors (Lipinski definition) is 5. The number of hydrogen-bond acceptors (Lipinski definition) is 7. The lowest BCUT2D eigenvalue weighted by atomic mass is 10.0. The summed E-state index contributed by atoms with van der Waals surface area (Å²) in [5.74, 6) is -1.31. The van der Waals surface area contributed by atoms with Crippen molar-refractivity contribution in [2.24, 2.45) is 11.5 Å². The standard InChI is InChI=1S/C9H15N3O5S/c10-7(16)2-1-18-9-6(15)4(13)3(12(2)9)5(14)8(11)17/h2-6,9,13-15H,1H2,(H2,10,16)(H2,11,17). The van der Waals surface area contributed by atoms with Crippen LogP contribution in [0.4, 0.5) is 0 Å². The molecule has 2 heterocycles. The van der Waals surface area contributed by atoms with Crippen molar-refractivity contribution >= 4 is 23.6 Å². The molecule has 18 heavy (non-hydrogen) atoms. The van der Waals surface area contributed by atoms with Crippen LogP contribution in [0.3, 0.4) is 0 Å². The molecule has 9 heteroatoms. The second-order valence-corrected chi connectivity index (χ2v) is 5.56. The fourth-order valence-corrected chi connectivity index (χ4v) is 4.02. The number of rotatable bonds is 3. The Balaban J connectivity index is 2.31. The molecule has 2 amide bonds. The van der Waals surface area contributed by atoms with Crippen LogP contribution in [0.25, 0.3) is 0 Å². The van der Waals surface area contributed by atoms with Crippen molar-refractivity contribution in [1.29, 1.82) is 0 Å². The Morgan fingerprint density at radius 2 is 1.89 bits per heavy atom. The van der Waals surface area contributed by atoms with Crippen molar-refractivity contribution in [2.75, 3.05) is 5.75 Å². The first-order valence-electron chi connectivity index (χ1n) is 5.38. The van der Waals surface area contributed by atoms with E-state index in [4.69, 9.17) is 11.5 Å². The first kappa shape index (κ1) is 13.6. The van der Waals surface area contributed by atoms with Crippen LogP contribution >= 0.6 is 11.8 Å². The van der Waals surface area contributed by atoms with Crippen LogP contribution in [-0.2, 0) is 9.59 Å². The second-order valence-electron chi connectivity index (χ2n) is 4.41. The van der Waals surface area contributed by atoms with Gasteiger partial charge in [-0.25, -0.2) is 0 Å². The number of nitrogens with zero attached hydrogens (tertiary/aromatic N) is 1. The fourth-order valence-electron chi connectivity index (χ4n) is 2.49. The molecule has 2 fully saturated rings. The lowest BCUT2D eigenvalue weighted by Gasteiger charge is -2.30. The van der Waals surface area contributed by atoms with E-state index in [1.807, 2.05) is 0 Å². The maximum atomic E-state index is 11.3. The number of aliphatic hydroxyl groups is 3. The van der Waals surface area contributed by atoms with Crippen LogP contribution in [0.2, 0.25) is 0 Å². The Morgan fingerprint density at radius 3 is 2.39 bits per heavy atom. The number of amides is 2. The Hall–Kier alpha value is -0.870. The van der Waals surface area contributed by atoms with Gasteiger partial charge >= 0.3 is 0 Å². The molecular weight excluding hydrogens is 262 g/mol. The van der Waals surface area contributed by atoms with E-state index in [0.29, 0.717) is 5.75 Å². The van der Waals surface area contributed by atoms with E-state index >= 15 is 0 Å². The number of carbonyl (C=O) groups is 2. The highest BCUT2D eigenvalue weighted by Crippen LogP contribution is 2.41. The zero-order valence-electron chi connectivity index (χ0n) is 9.34. The summed E-state index contributed by atoms with van der Waals surface area (Å²) in [4.78, 5) is 23.7. The maximum Gasteiger partial charge on any atom is 0.248 e. The lowest BCUT2D eigenvalue weighted by molar-refractivity contribution is -0.134. The number of fused-ring (bicyclic) bond motifs is 1. The molecule has 7 N–H and O–H groups in total. The van der Waals surface area contributed by atoms with Crippen molar-refractivity contribution in [3.8, 4) is 0 Å². The highest BCUT2D eigenvalue weighted by molar-refractivity contribution is 8.00. The molecule has 102 valence electrons. The van der Waals surface area contributed by atoms with Crippen LogP contribution in [0, 0.1) is 0 Å². The molecule has 0 radical (unpaired) electrons. The average Bonchev–Trinajstić information content (AvgIpc) is 2.80. The second kappa shape index (κ2) is 4.67. The summed E-state index contributed by atoms with van der Waals surface area (Å²) < 4.78 is 0. The molecule has 6 unspecified atom stereocenters. The molecule has 0 aliphatic carbocycles. The van der Waals surface area contributed by atoms with Gasteiger partial charge in [0.15, 0.2) is 6.10 Å². The minimum Gasteiger partial charge on any atom is -0.389 e. The quantitative estimate of drug-likeness (QED) is 0.354. The lowest BCUT2D eigenvalue weighted by Crippen LogP contribution is -2.56. The van der Waals surface area contributed by atoms with Gasteiger partial charge in [-0.3, -0.25) is 14.5 Å². The summed E-state index contributed by atoms with van der Waals surface area (Å²) >= 11 is 1.25. The first-order chi connectivity index (χ1) is 8.36. The highest BCUT2D eigenvalue weighted by atomic mass is 32.2. The van der Waals surface area contributed by atoms with Crippen LogP contribution in [0.1, 0.15) is 0 Å². The number of aliphatic hydroxyl groups excluding tert-OH is 3. The molecule has 0 bridgehead atoms. The van der Waals surface area contributed by atoms with E-state index in [1.54, 1.807) is 0 Å². The predicted molar refractivity (Wildman–Crippen MR) is 62.1 cm³/mol. The summed E-state index contributed by atoms with van der Waals surface area (Å²) in [5, 5.41) is 28.8.